The Morgan fingerprint density at radius 1 is 0.923 bits per heavy atom. The molecule has 1 saturated carbocycles. The molecule has 4 unspecified atom stereocenters. The van der Waals surface area contributed by atoms with E-state index in [0.29, 0.717) is 0 Å². The lowest BCUT2D eigenvalue weighted by atomic mass is 9.72. The van der Waals surface area contributed by atoms with Crippen LogP contribution < -0.4 is 0 Å². The molecule has 0 aromatic heterocycles. The van der Waals surface area contributed by atoms with Crippen molar-refractivity contribution in [3.05, 3.63) is 0 Å². The van der Waals surface area contributed by atoms with E-state index in [2.05, 4.69) is 34.6 Å². The van der Waals surface area contributed by atoms with Gasteiger partial charge in [0.15, 0.2) is 0 Å². The van der Waals surface area contributed by atoms with E-state index in [1.54, 1.807) is 0 Å². The highest BCUT2D eigenvalue weighted by molar-refractivity contribution is 4.81. The molecule has 4 atom stereocenters. The van der Waals surface area contributed by atoms with Crippen molar-refractivity contribution in [1.82, 2.24) is 0 Å². The van der Waals surface area contributed by atoms with E-state index in [1.807, 2.05) is 0 Å². The first-order valence-electron chi connectivity index (χ1n) is 6.04. The van der Waals surface area contributed by atoms with E-state index in [0.717, 1.165) is 29.6 Å². The van der Waals surface area contributed by atoms with E-state index >= 15 is 0 Å². The van der Waals surface area contributed by atoms with Crippen molar-refractivity contribution in [1.29, 1.82) is 0 Å². The quantitative estimate of drug-likeness (QED) is 0.529. The zero-order valence-electron chi connectivity index (χ0n) is 10.0. The van der Waals surface area contributed by atoms with Crippen molar-refractivity contribution in [2.24, 2.45) is 29.6 Å². The lowest BCUT2D eigenvalue weighted by Crippen LogP contribution is -2.26. The van der Waals surface area contributed by atoms with Gasteiger partial charge in [-0.25, -0.2) is 0 Å². The van der Waals surface area contributed by atoms with Crippen LogP contribution >= 0.6 is 0 Å². The van der Waals surface area contributed by atoms with E-state index < -0.39 is 0 Å². The van der Waals surface area contributed by atoms with E-state index in [-0.39, 0.29) is 0 Å². The molecule has 0 amide bonds. The van der Waals surface area contributed by atoms with Crippen LogP contribution in [0.15, 0.2) is 0 Å². The van der Waals surface area contributed by atoms with Crippen molar-refractivity contribution in [3.8, 4) is 0 Å². The van der Waals surface area contributed by atoms with Gasteiger partial charge in [-0.2, -0.15) is 0 Å². The van der Waals surface area contributed by atoms with Crippen molar-refractivity contribution in [3.63, 3.8) is 0 Å². The second kappa shape index (κ2) is 4.48. The van der Waals surface area contributed by atoms with Crippen molar-refractivity contribution >= 4 is 0 Å². The fourth-order valence-corrected chi connectivity index (χ4v) is 3.38. The Bertz CT molecular complexity index is 148. The molecule has 0 heterocycles. The van der Waals surface area contributed by atoms with E-state index in [1.165, 1.54) is 19.3 Å². The molecule has 1 fully saturated rings. The fraction of sp³-hybridized carbons (Fsp3) is 1.00. The van der Waals surface area contributed by atoms with Crippen LogP contribution in [-0.2, 0) is 0 Å². The van der Waals surface area contributed by atoms with Crippen molar-refractivity contribution in [2.75, 3.05) is 0 Å². The van der Waals surface area contributed by atoms with Gasteiger partial charge in [-0.15, -0.1) is 0 Å². The van der Waals surface area contributed by atoms with Crippen molar-refractivity contribution < 1.29 is 0 Å². The molecule has 0 saturated heterocycles. The molecule has 1 aliphatic rings. The monoisotopic (exact) mass is 182 g/mol. The Labute approximate surface area is 84.1 Å². The first kappa shape index (κ1) is 11.1. The molecule has 0 N–H and O–H groups in total. The van der Waals surface area contributed by atoms with Crippen LogP contribution in [0.3, 0.4) is 0 Å². The Kier molecular flexibility index (Phi) is 3.82. The van der Waals surface area contributed by atoms with Gasteiger partial charge in [0.05, 0.1) is 0 Å². The summed E-state index contributed by atoms with van der Waals surface area (Å²) in [4.78, 5) is 0. The minimum atomic E-state index is 0.866. The van der Waals surface area contributed by atoms with Gasteiger partial charge in [0.2, 0.25) is 0 Å². The van der Waals surface area contributed by atoms with Crippen LogP contribution in [-0.4, -0.2) is 0 Å². The lowest BCUT2D eigenvalue weighted by Gasteiger charge is -2.33. The van der Waals surface area contributed by atoms with Crippen LogP contribution in [0.4, 0.5) is 0 Å². The highest BCUT2D eigenvalue weighted by Gasteiger charge is 2.31. The summed E-state index contributed by atoms with van der Waals surface area (Å²) < 4.78 is 0. The Hall–Kier alpha value is 0. The van der Waals surface area contributed by atoms with E-state index in [4.69, 9.17) is 0 Å². The third-order valence-electron chi connectivity index (χ3n) is 4.25. The van der Waals surface area contributed by atoms with Crippen LogP contribution in [0.1, 0.15) is 53.9 Å². The first-order chi connectivity index (χ1) is 6.04. The van der Waals surface area contributed by atoms with E-state index in [9.17, 15) is 0 Å². The SMILES string of the molecule is CC(C)C1C(C)CCCC(C)C1C. The topological polar surface area (TPSA) is 0 Å². The van der Waals surface area contributed by atoms with Gasteiger partial charge in [-0.05, 0) is 29.6 Å². The summed E-state index contributed by atoms with van der Waals surface area (Å²) in [5, 5.41) is 0. The molecule has 0 aromatic carbocycles. The summed E-state index contributed by atoms with van der Waals surface area (Å²) in [5.74, 6) is 4.64. The Morgan fingerprint density at radius 2 is 1.46 bits per heavy atom. The third kappa shape index (κ3) is 2.48. The van der Waals surface area contributed by atoms with Crippen LogP contribution in [0.5, 0.6) is 0 Å². The zero-order chi connectivity index (χ0) is 10.0. The molecule has 1 rings (SSSR count). The predicted octanol–water partition coefficient (Wildman–Crippen LogP) is 4.35. The minimum Gasteiger partial charge on any atom is -0.0625 e. The number of hydrogen-bond acceptors (Lipinski definition) is 0. The van der Waals surface area contributed by atoms with Crippen LogP contribution in [0.25, 0.3) is 0 Å². The molecule has 78 valence electrons. The summed E-state index contributed by atoms with van der Waals surface area (Å²) in [5.41, 5.74) is 0. The predicted molar refractivity (Wildman–Crippen MR) is 59.7 cm³/mol. The average Bonchev–Trinajstić information content (AvgIpc) is 2.13. The van der Waals surface area contributed by atoms with Crippen LogP contribution in [0.2, 0.25) is 0 Å². The molecule has 1 aliphatic carbocycles. The molecule has 0 heteroatoms. The molecule has 0 spiro atoms. The van der Waals surface area contributed by atoms with Crippen molar-refractivity contribution in [2.45, 2.75) is 53.9 Å². The second-order valence-corrected chi connectivity index (χ2v) is 5.57. The standard InChI is InChI=1S/C13H26/c1-9(2)13-11(4)8-6-7-10(3)12(13)5/h9-13H,6-8H2,1-5H3. The van der Waals surface area contributed by atoms with Gasteiger partial charge >= 0.3 is 0 Å². The molecule has 0 nitrogen and oxygen atoms in total. The Morgan fingerprint density at radius 3 is 2.00 bits per heavy atom. The zero-order valence-corrected chi connectivity index (χ0v) is 10.0. The molecule has 0 radical (unpaired) electrons. The summed E-state index contributed by atoms with van der Waals surface area (Å²) in [6.07, 6.45) is 4.36. The average molecular weight is 182 g/mol. The first-order valence-corrected chi connectivity index (χ1v) is 6.04. The van der Waals surface area contributed by atoms with Gasteiger partial charge in [-0.1, -0.05) is 53.9 Å². The van der Waals surface area contributed by atoms with Gasteiger partial charge in [-0.3, -0.25) is 0 Å². The Balaban J connectivity index is 2.72. The molecule has 13 heavy (non-hydrogen) atoms. The maximum Gasteiger partial charge on any atom is -0.0337 e. The molecule has 0 aliphatic heterocycles. The largest absolute Gasteiger partial charge is 0.0625 e. The summed E-state index contributed by atoms with van der Waals surface area (Å²) >= 11 is 0. The highest BCUT2D eigenvalue weighted by Crippen LogP contribution is 2.40. The minimum absolute atomic E-state index is 0.866. The molecular weight excluding hydrogens is 156 g/mol. The summed E-state index contributed by atoms with van der Waals surface area (Å²) in [6, 6.07) is 0. The molecule has 0 bridgehead atoms. The molecular formula is C13H26. The smallest absolute Gasteiger partial charge is 0.0337 e. The third-order valence-corrected chi connectivity index (χ3v) is 4.25. The number of hydrogen-bond donors (Lipinski definition) is 0. The molecule has 0 aromatic rings. The number of rotatable bonds is 1. The fourth-order valence-electron chi connectivity index (χ4n) is 3.38. The summed E-state index contributed by atoms with van der Waals surface area (Å²) in [6.45, 7) is 12.2. The highest BCUT2D eigenvalue weighted by atomic mass is 14.4. The maximum atomic E-state index is 2.47. The second-order valence-electron chi connectivity index (χ2n) is 5.57. The lowest BCUT2D eigenvalue weighted by molar-refractivity contribution is 0.158. The summed E-state index contributed by atoms with van der Waals surface area (Å²) in [7, 11) is 0. The van der Waals surface area contributed by atoms with Gasteiger partial charge in [0, 0.05) is 0 Å². The van der Waals surface area contributed by atoms with Gasteiger partial charge in [0.1, 0.15) is 0 Å². The van der Waals surface area contributed by atoms with Crippen LogP contribution in [0, 0.1) is 29.6 Å². The normalized spacial score (nSPS) is 42.0. The maximum absolute atomic E-state index is 2.47. The van der Waals surface area contributed by atoms with Gasteiger partial charge in [0.25, 0.3) is 0 Å². The van der Waals surface area contributed by atoms with Gasteiger partial charge < -0.3 is 0 Å².